The molecule has 2 saturated heterocycles. The van der Waals surface area contributed by atoms with Crippen LogP contribution in [0.5, 0.6) is 0 Å². The van der Waals surface area contributed by atoms with Crippen molar-refractivity contribution in [3.05, 3.63) is 35.9 Å². The molecule has 6 nitrogen and oxygen atoms in total. The minimum absolute atomic E-state index is 0.121. The van der Waals surface area contributed by atoms with Gasteiger partial charge in [-0.05, 0) is 25.3 Å². The Hall–Kier alpha value is -1.92. The van der Waals surface area contributed by atoms with E-state index in [0.29, 0.717) is 19.6 Å². The number of rotatable bonds is 5. The highest BCUT2D eigenvalue weighted by atomic mass is 16.5. The predicted molar refractivity (Wildman–Crippen MR) is 83.5 cm³/mol. The van der Waals surface area contributed by atoms with Crippen molar-refractivity contribution in [1.82, 2.24) is 9.80 Å². The first kappa shape index (κ1) is 16.0. The lowest BCUT2D eigenvalue weighted by molar-refractivity contribution is -0.168. The zero-order valence-electron chi connectivity index (χ0n) is 13.5. The van der Waals surface area contributed by atoms with Crippen molar-refractivity contribution in [3.63, 3.8) is 0 Å². The van der Waals surface area contributed by atoms with E-state index in [2.05, 4.69) is 0 Å². The van der Waals surface area contributed by atoms with Crippen LogP contribution in [-0.2, 0) is 20.9 Å². The second-order valence-electron chi connectivity index (χ2n) is 6.18. The zero-order valence-corrected chi connectivity index (χ0v) is 13.5. The molecular weight excluding hydrogens is 296 g/mol. The van der Waals surface area contributed by atoms with E-state index >= 15 is 0 Å². The fraction of sp³-hybridized carbons (Fsp3) is 0.529. The van der Waals surface area contributed by atoms with E-state index in [0.717, 1.165) is 12.0 Å². The third-order valence-electron chi connectivity index (χ3n) is 4.61. The number of amides is 3. The summed E-state index contributed by atoms with van der Waals surface area (Å²) in [6, 6.07) is 9.62. The lowest BCUT2D eigenvalue weighted by atomic mass is 9.97. The second-order valence-corrected chi connectivity index (χ2v) is 6.18. The van der Waals surface area contributed by atoms with Gasteiger partial charge in [0.15, 0.2) is 5.72 Å². The molecule has 0 N–H and O–H groups in total. The van der Waals surface area contributed by atoms with Gasteiger partial charge in [0.1, 0.15) is 6.61 Å². The lowest BCUT2D eigenvalue weighted by Crippen LogP contribution is -2.54. The van der Waals surface area contributed by atoms with Crippen LogP contribution in [0, 0.1) is 0 Å². The van der Waals surface area contributed by atoms with Crippen molar-refractivity contribution in [1.29, 1.82) is 0 Å². The van der Waals surface area contributed by atoms with E-state index in [-0.39, 0.29) is 24.6 Å². The quantitative estimate of drug-likeness (QED) is 0.833. The minimum Gasteiger partial charge on any atom is -0.375 e. The van der Waals surface area contributed by atoms with E-state index < -0.39 is 5.72 Å². The first-order valence-electron chi connectivity index (χ1n) is 7.88. The number of carbonyl (C=O) groups excluding carboxylic acids is 2. The average Bonchev–Trinajstić information content (AvgIpc) is 2.80. The molecule has 124 valence electrons. The molecule has 0 saturated carbocycles. The van der Waals surface area contributed by atoms with E-state index in [4.69, 9.17) is 9.47 Å². The fourth-order valence-electron chi connectivity index (χ4n) is 3.33. The SMILES string of the molecule is COCC(=O)N1C(=O)N2CC1(OCc1ccccc1)CCC2C. The summed E-state index contributed by atoms with van der Waals surface area (Å²) in [5.41, 5.74) is 0.139. The Morgan fingerprint density at radius 2 is 2.09 bits per heavy atom. The molecule has 2 unspecified atom stereocenters. The van der Waals surface area contributed by atoms with Crippen molar-refractivity contribution in [2.24, 2.45) is 0 Å². The van der Waals surface area contributed by atoms with Crippen LogP contribution in [0.1, 0.15) is 25.3 Å². The molecule has 2 bridgehead atoms. The summed E-state index contributed by atoms with van der Waals surface area (Å²) in [6.07, 6.45) is 1.47. The molecule has 23 heavy (non-hydrogen) atoms. The summed E-state index contributed by atoms with van der Waals surface area (Å²) >= 11 is 0. The van der Waals surface area contributed by atoms with Crippen LogP contribution < -0.4 is 0 Å². The number of hydrogen-bond donors (Lipinski definition) is 0. The van der Waals surface area contributed by atoms with Gasteiger partial charge in [0, 0.05) is 13.2 Å². The number of benzene rings is 1. The Bertz CT molecular complexity index is 592. The zero-order chi connectivity index (χ0) is 16.4. The number of fused-ring (bicyclic) bond motifs is 2. The maximum atomic E-state index is 12.6. The molecule has 0 radical (unpaired) electrons. The first-order chi connectivity index (χ1) is 11.1. The summed E-state index contributed by atoms with van der Waals surface area (Å²) in [5, 5.41) is 0. The summed E-state index contributed by atoms with van der Waals surface area (Å²) in [5.74, 6) is -0.345. The monoisotopic (exact) mass is 318 g/mol. The number of carbonyl (C=O) groups is 2. The van der Waals surface area contributed by atoms with Gasteiger partial charge in [-0.3, -0.25) is 4.79 Å². The molecule has 2 heterocycles. The Morgan fingerprint density at radius 3 is 2.78 bits per heavy atom. The summed E-state index contributed by atoms with van der Waals surface area (Å²) in [7, 11) is 1.45. The Kier molecular flexibility index (Phi) is 4.37. The van der Waals surface area contributed by atoms with Crippen molar-refractivity contribution >= 4 is 11.9 Å². The van der Waals surface area contributed by atoms with Gasteiger partial charge in [-0.2, -0.15) is 0 Å². The third kappa shape index (κ3) is 2.84. The molecular formula is C17H22N2O4. The van der Waals surface area contributed by atoms with Crippen molar-refractivity contribution in [3.8, 4) is 0 Å². The molecule has 6 heteroatoms. The Balaban J connectivity index is 1.83. The highest BCUT2D eigenvalue weighted by Gasteiger charge is 2.57. The van der Waals surface area contributed by atoms with Crippen LogP contribution in [0.2, 0.25) is 0 Å². The van der Waals surface area contributed by atoms with Crippen LogP contribution in [0.15, 0.2) is 30.3 Å². The molecule has 2 fully saturated rings. The standard InChI is InChI=1S/C17H22N2O4/c1-13-8-9-17(23-10-14-6-4-3-5-7-14)12-18(13)16(21)19(17)15(20)11-22-2/h3-7,13H,8-12H2,1-2H3. The second kappa shape index (κ2) is 6.29. The summed E-state index contributed by atoms with van der Waals surface area (Å²) in [6.45, 7) is 2.68. The van der Waals surface area contributed by atoms with Crippen LogP contribution in [0.25, 0.3) is 0 Å². The molecule has 1 aromatic carbocycles. The number of piperidine rings is 1. The third-order valence-corrected chi connectivity index (χ3v) is 4.61. The maximum Gasteiger partial charge on any atom is 0.329 e. The van der Waals surface area contributed by atoms with Gasteiger partial charge in [-0.15, -0.1) is 0 Å². The number of nitrogens with zero attached hydrogens (tertiary/aromatic N) is 2. The number of hydrogen-bond acceptors (Lipinski definition) is 4. The van der Waals surface area contributed by atoms with E-state index in [1.54, 1.807) is 4.90 Å². The van der Waals surface area contributed by atoms with Crippen LogP contribution in [-0.4, -0.2) is 53.8 Å². The maximum absolute atomic E-state index is 12.6. The van der Waals surface area contributed by atoms with E-state index in [1.165, 1.54) is 12.0 Å². The van der Waals surface area contributed by atoms with Crippen molar-refractivity contribution < 1.29 is 19.1 Å². The van der Waals surface area contributed by atoms with Gasteiger partial charge < -0.3 is 14.4 Å². The van der Waals surface area contributed by atoms with E-state index in [9.17, 15) is 9.59 Å². The number of ether oxygens (including phenoxy) is 2. The molecule has 0 aromatic heterocycles. The van der Waals surface area contributed by atoms with Gasteiger partial charge in [0.25, 0.3) is 5.91 Å². The van der Waals surface area contributed by atoms with Gasteiger partial charge in [-0.25, -0.2) is 9.69 Å². The highest BCUT2D eigenvalue weighted by molar-refractivity contribution is 5.98. The fourth-order valence-corrected chi connectivity index (χ4v) is 3.33. The lowest BCUT2D eigenvalue weighted by Gasteiger charge is -2.38. The van der Waals surface area contributed by atoms with Crippen molar-refractivity contribution in [2.75, 3.05) is 20.3 Å². The largest absolute Gasteiger partial charge is 0.375 e. The first-order valence-corrected chi connectivity index (χ1v) is 7.88. The summed E-state index contributed by atoms with van der Waals surface area (Å²) in [4.78, 5) is 28.0. The average molecular weight is 318 g/mol. The molecule has 2 aliphatic rings. The molecule has 0 aliphatic carbocycles. The normalized spacial score (nSPS) is 26.7. The molecule has 2 atom stereocenters. The van der Waals surface area contributed by atoms with Gasteiger partial charge in [0.2, 0.25) is 0 Å². The highest BCUT2D eigenvalue weighted by Crippen LogP contribution is 2.39. The van der Waals surface area contributed by atoms with E-state index in [1.807, 2.05) is 37.3 Å². The number of methoxy groups -OCH3 is 1. The predicted octanol–water partition coefficient (Wildman–Crippen LogP) is 1.99. The number of urea groups is 1. The summed E-state index contributed by atoms with van der Waals surface area (Å²) < 4.78 is 11.1. The van der Waals surface area contributed by atoms with Crippen LogP contribution in [0.3, 0.4) is 0 Å². The number of imide groups is 1. The molecule has 0 spiro atoms. The topological polar surface area (TPSA) is 59.1 Å². The van der Waals surface area contributed by atoms with Gasteiger partial charge in [-0.1, -0.05) is 30.3 Å². The molecule has 2 aliphatic heterocycles. The van der Waals surface area contributed by atoms with Gasteiger partial charge >= 0.3 is 6.03 Å². The Labute approximate surface area is 136 Å². The van der Waals surface area contributed by atoms with Crippen molar-refractivity contribution in [2.45, 2.75) is 38.1 Å². The Morgan fingerprint density at radius 1 is 1.35 bits per heavy atom. The minimum atomic E-state index is -0.880. The molecule has 1 aromatic rings. The smallest absolute Gasteiger partial charge is 0.329 e. The van der Waals surface area contributed by atoms with Crippen LogP contribution in [0.4, 0.5) is 4.79 Å². The van der Waals surface area contributed by atoms with Crippen LogP contribution >= 0.6 is 0 Å². The molecule has 3 rings (SSSR count). The van der Waals surface area contributed by atoms with Gasteiger partial charge in [0.05, 0.1) is 13.2 Å². The molecule has 3 amide bonds.